The highest BCUT2D eigenvalue weighted by atomic mass is 79.9. The summed E-state index contributed by atoms with van der Waals surface area (Å²) in [6.45, 7) is 7.92. The molecule has 0 radical (unpaired) electrons. The molecule has 1 saturated heterocycles. The molecule has 2 rings (SSSR count). The van der Waals surface area contributed by atoms with Gasteiger partial charge in [-0.15, -0.1) is 10.2 Å². The van der Waals surface area contributed by atoms with Gasteiger partial charge in [-0.1, -0.05) is 22.9 Å². The molecule has 4 unspecified atom stereocenters. The zero-order valence-corrected chi connectivity index (χ0v) is 13.6. The molecule has 19 heavy (non-hydrogen) atoms. The van der Waals surface area contributed by atoms with E-state index in [9.17, 15) is 0 Å². The second-order valence-electron chi connectivity index (χ2n) is 5.18. The summed E-state index contributed by atoms with van der Waals surface area (Å²) < 4.78 is 13.3. The molecule has 0 bridgehead atoms. The first-order valence-corrected chi connectivity index (χ1v) is 7.84. The Morgan fingerprint density at radius 1 is 1.26 bits per heavy atom. The molecule has 5 nitrogen and oxygen atoms in total. The summed E-state index contributed by atoms with van der Waals surface area (Å²) >= 11 is 3.47. The molecule has 1 fully saturated rings. The van der Waals surface area contributed by atoms with E-state index in [0.29, 0.717) is 23.8 Å². The Kier molecular flexibility index (Phi) is 4.97. The first-order valence-electron chi connectivity index (χ1n) is 6.72. The van der Waals surface area contributed by atoms with Crippen LogP contribution in [0.2, 0.25) is 0 Å². The van der Waals surface area contributed by atoms with Crippen LogP contribution in [0.1, 0.15) is 38.3 Å². The number of nitrogens with zero attached hydrogens (tertiary/aromatic N) is 3. The summed E-state index contributed by atoms with van der Waals surface area (Å²) in [7, 11) is 1.71. The predicted molar refractivity (Wildman–Crippen MR) is 76.4 cm³/mol. The molecular weight excluding hydrogens is 310 g/mol. The van der Waals surface area contributed by atoms with E-state index in [-0.39, 0.29) is 12.2 Å². The Bertz CT molecular complexity index is 424. The van der Waals surface area contributed by atoms with Crippen LogP contribution >= 0.6 is 15.9 Å². The Morgan fingerprint density at radius 2 is 2.00 bits per heavy atom. The molecule has 0 saturated carbocycles. The van der Waals surface area contributed by atoms with E-state index in [1.165, 1.54) is 0 Å². The molecule has 0 spiro atoms. The number of hydrogen-bond donors (Lipinski definition) is 0. The number of alkyl halides is 1. The van der Waals surface area contributed by atoms with Crippen molar-refractivity contribution in [3.8, 4) is 0 Å². The van der Waals surface area contributed by atoms with Gasteiger partial charge in [0.15, 0.2) is 0 Å². The monoisotopic (exact) mass is 331 g/mol. The lowest BCUT2D eigenvalue weighted by Crippen LogP contribution is -2.22. The normalized spacial score (nSPS) is 31.0. The average molecular weight is 332 g/mol. The molecule has 1 aliphatic rings. The molecule has 0 N–H and O–H groups in total. The van der Waals surface area contributed by atoms with Gasteiger partial charge in [0.05, 0.1) is 30.1 Å². The minimum Gasteiger partial charge on any atom is -0.383 e. The maximum Gasteiger partial charge on any atom is 0.143 e. The Hall–Kier alpha value is -0.460. The van der Waals surface area contributed by atoms with E-state index >= 15 is 0 Å². The van der Waals surface area contributed by atoms with Gasteiger partial charge >= 0.3 is 0 Å². The van der Waals surface area contributed by atoms with Gasteiger partial charge in [0.2, 0.25) is 0 Å². The smallest absolute Gasteiger partial charge is 0.143 e. The molecule has 1 aromatic heterocycles. The SMILES string of the molecule is COCCn1c(CBr)nnc1C1C(C)OC(C)C1C. The largest absolute Gasteiger partial charge is 0.383 e. The number of ether oxygens (including phenoxy) is 2. The highest BCUT2D eigenvalue weighted by Gasteiger charge is 2.41. The lowest BCUT2D eigenvalue weighted by Gasteiger charge is -2.19. The lowest BCUT2D eigenvalue weighted by molar-refractivity contribution is 0.0551. The Morgan fingerprint density at radius 3 is 2.53 bits per heavy atom. The third kappa shape index (κ3) is 2.85. The Labute approximate surface area is 122 Å². The van der Waals surface area contributed by atoms with Crippen molar-refractivity contribution >= 4 is 15.9 Å². The average Bonchev–Trinajstić information content (AvgIpc) is 2.89. The van der Waals surface area contributed by atoms with Gasteiger partial charge in [-0.3, -0.25) is 0 Å². The summed E-state index contributed by atoms with van der Waals surface area (Å²) in [6.07, 6.45) is 0.443. The fourth-order valence-corrected chi connectivity index (χ4v) is 3.25. The van der Waals surface area contributed by atoms with Gasteiger partial charge < -0.3 is 14.0 Å². The third-order valence-corrected chi connectivity index (χ3v) is 4.54. The zero-order valence-electron chi connectivity index (χ0n) is 12.0. The molecular formula is C13H22BrN3O2. The summed E-state index contributed by atoms with van der Waals surface area (Å²) in [5.41, 5.74) is 0. The van der Waals surface area contributed by atoms with Crippen LogP contribution < -0.4 is 0 Å². The molecule has 1 aliphatic heterocycles. The van der Waals surface area contributed by atoms with Crippen LogP contribution in [-0.4, -0.2) is 40.7 Å². The molecule has 2 heterocycles. The van der Waals surface area contributed by atoms with Gasteiger partial charge in [-0.05, 0) is 19.8 Å². The second kappa shape index (κ2) is 6.33. The molecule has 0 aliphatic carbocycles. The fraction of sp³-hybridized carbons (Fsp3) is 0.846. The van der Waals surface area contributed by atoms with E-state index in [1.54, 1.807) is 7.11 Å². The minimum absolute atomic E-state index is 0.179. The molecule has 4 atom stereocenters. The van der Waals surface area contributed by atoms with Gasteiger partial charge in [0.1, 0.15) is 11.6 Å². The fourth-order valence-electron chi connectivity index (χ4n) is 2.83. The number of rotatable bonds is 5. The van der Waals surface area contributed by atoms with Crippen molar-refractivity contribution in [3.63, 3.8) is 0 Å². The number of aromatic nitrogens is 3. The number of methoxy groups -OCH3 is 1. The van der Waals surface area contributed by atoms with Gasteiger partial charge in [-0.25, -0.2) is 0 Å². The minimum atomic E-state index is 0.179. The van der Waals surface area contributed by atoms with E-state index in [0.717, 1.165) is 18.2 Å². The van der Waals surface area contributed by atoms with Crippen LogP contribution in [0.15, 0.2) is 0 Å². The van der Waals surface area contributed by atoms with Crippen LogP contribution in [0.25, 0.3) is 0 Å². The summed E-state index contributed by atoms with van der Waals surface area (Å²) in [6, 6.07) is 0. The predicted octanol–water partition coefficient (Wildman–Crippen LogP) is 2.35. The maximum atomic E-state index is 5.92. The first kappa shape index (κ1) is 14.9. The maximum absolute atomic E-state index is 5.92. The molecule has 1 aromatic rings. The van der Waals surface area contributed by atoms with Crippen LogP contribution in [-0.2, 0) is 21.3 Å². The molecule has 0 aromatic carbocycles. The van der Waals surface area contributed by atoms with E-state index in [4.69, 9.17) is 9.47 Å². The van der Waals surface area contributed by atoms with Gasteiger partial charge in [0, 0.05) is 13.7 Å². The molecule has 0 amide bonds. The van der Waals surface area contributed by atoms with Gasteiger partial charge in [-0.2, -0.15) is 0 Å². The second-order valence-corrected chi connectivity index (χ2v) is 5.74. The highest BCUT2D eigenvalue weighted by molar-refractivity contribution is 9.08. The van der Waals surface area contributed by atoms with Crippen LogP contribution in [0.5, 0.6) is 0 Å². The third-order valence-electron chi connectivity index (χ3n) is 4.03. The van der Waals surface area contributed by atoms with Gasteiger partial charge in [0.25, 0.3) is 0 Å². The van der Waals surface area contributed by atoms with Crippen molar-refractivity contribution in [2.75, 3.05) is 13.7 Å². The van der Waals surface area contributed by atoms with Crippen LogP contribution in [0, 0.1) is 5.92 Å². The lowest BCUT2D eigenvalue weighted by atomic mass is 9.89. The van der Waals surface area contributed by atoms with Crippen molar-refractivity contribution in [3.05, 3.63) is 11.6 Å². The first-order chi connectivity index (χ1) is 9.10. The highest BCUT2D eigenvalue weighted by Crippen LogP contribution is 2.39. The van der Waals surface area contributed by atoms with E-state index in [1.807, 2.05) is 0 Å². The van der Waals surface area contributed by atoms with Crippen molar-refractivity contribution in [1.82, 2.24) is 14.8 Å². The molecule has 6 heteroatoms. The van der Waals surface area contributed by atoms with Crippen molar-refractivity contribution in [1.29, 1.82) is 0 Å². The quantitative estimate of drug-likeness (QED) is 0.777. The Balaban J connectivity index is 2.30. The van der Waals surface area contributed by atoms with Crippen LogP contribution in [0.3, 0.4) is 0 Å². The summed E-state index contributed by atoms with van der Waals surface area (Å²) in [5.74, 6) is 2.72. The molecule has 108 valence electrons. The number of halogens is 1. The van der Waals surface area contributed by atoms with E-state index < -0.39 is 0 Å². The standard InChI is InChI=1S/C13H22BrN3O2/c1-8-9(2)19-10(3)12(8)13-16-15-11(7-14)17(13)5-6-18-4/h8-10,12H,5-7H2,1-4H3. The van der Waals surface area contributed by atoms with Crippen molar-refractivity contribution in [2.45, 2.75) is 50.8 Å². The topological polar surface area (TPSA) is 49.2 Å². The number of hydrogen-bond acceptors (Lipinski definition) is 4. The van der Waals surface area contributed by atoms with Crippen LogP contribution in [0.4, 0.5) is 0 Å². The zero-order chi connectivity index (χ0) is 14.0. The van der Waals surface area contributed by atoms with E-state index in [2.05, 4.69) is 51.5 Å². The van der Waals surface area contributed by atoms with Crippen molar-refractivity contribution < 1.29 is 9.47 Å². The van der Waals surface area contributed by atoms with Crippen molar-refractivity contribution in [2.24, 2.45) is 5.92 Å². The summed E-state index contributed by atoms with van der Waals surface area (Å²) in [5, 5.41) is 9.39. The summed E-state index contributed by atoms with van der Waals surface area (Å²) in [4.78, 5) is 0.